The number of benzene rings is 1. The van der Waals surface area contributed by atoms with Gasteiger partial charge in [-0.05, 0) is 50.3 Å². The van der Waals surface area contributed by atoms with E-state index in [2.05, 4.69) is 0 Å². The lowest BCUT2D eigenvalue weighted by Gasteiger charge is -2.52. The second-order valence-electron chi connectivity index (χ2n) is 8.32. The normalized spacial score (nSPS) is 27.3. The van der Waals surface area contributed by atoms with Gasteiger partial charge in [0.25, 0.3) is 5.91 Å². The highest BCUT2D eigenvalue weighted by atomic mass is 32.2. The van der Waals surface area contributed by atoms with Gasteiger partial charge >= 0.3 is 0 Å². The van der Waals surface area contributed by atoms with Crippen molar-refractivity contribution in [3.63, 3.8) is 0 Å². The minimum Gasteiger partial charge on any atom is -0.381 e. The van der Waals surface area contributed by atoms with Crippen LogP contribution in [-0.4, -0.2) is 61.6 Å². The molecule has 0 N–H and O–H groups in total. The van der Waals surface area contributed by atoms with Gasteiger partial charge in [0.2, 0.25) is 10.0 Å². The Balaban J connectivity index is 1.38. The summed E-state index contributed by atoms with van der Waals surface area (Å²) in [5.74, 6) is 0.299. The van der Waals surface area contributed by atoms with E-state index in [0.29, 0.717) is 12.1 Å². The fraction of sp³-hybridized carbons (Fsp3) is 0.650. The highest BCUT2D eigenvalue weighted by Gasteiger charge is 2.45. The number of hydrogen-bond donors (Lipinski definition) is 0. The lowest BCUT2D eigenvalue weighted by Crippen LogP contribution is -2.60. The van der Waals surface area contributed by atoms with E-state index in [1.165, 1.54) is 0 Å². The van der Waals surface area contributed by atoms with Crippen LogP contribution < -0.4 is 0 Å². The zero-order valence-electron chi connectivity index (χ0n) is 15.9. The number of ether oxygens (including phenoxy) is 1. The van der Waals surface area contributed by atoms with Crippen LogP contribution in [0.25, 0.3) is 0 Å². The van der Waals surface area contributed by atoms with Gasteiger partial charge in [0.15, 0.2) is 0 Å². The number of amides is 1. The Morgan fingerprint density at radius 2 is 1.85 bits per heavy atom. The highest BCUT2D eigenvalue weighted by Crippen LogP contribution is 2.40. The molecule has 1 aromatic carbocycles. The van der Waals surface area contributed by atoms with Crippen LogP contribution in [0.1, 0.15) is 48.5 Å². The molecule has 3 aliphatic heterocycles. The molecule has 4 rings (SSSR count). The van der Waals surface area contributed by atoms with Crippen molar-refractivity contribution in [3.05, 3.63) is 35.4 Å². The lowest BCUT2D eigenvalue weighted by atomic mass is 9.73. The molecule has 3 heterocycles. The molecule has 148 valence electrons. The van der Waals surface area contributed by atoms with Gasteiger partial charge in [-0.15, -0.1) is 0 Å². The van der Waals surface area contributed by atoms with Crippen LogP contribution in [0.4, 0.5) is 0 Å². The SMILES string of the molecule is CC1CCCS(=O)(=O)N1Cc1ccc(C(=O)N2CC3(CCOCC3)C2)cc1. The number of sulfonamides is 1. The van der Waals surface area contributed by atoms with E-state index in [4.69, 9.17) is 4.74 Å². The third kappa shape index (κ3) is 3.77. The average Bonchev–Trinajstić information content (AvgIpc) is 2.63. The first-order valence-electron chi connectivity index (χ1n) is 9.84. The molecule has 6 nitrogen and oxygen atoms in total. The van der Waals surface area contributed by atoms with Crippen LogP contribution >= 0.6 is 0 Å². The second-order valence-corrected chi connectivity index (χ2v) is 10.4. The van der Waals surface area contributed by atoms with Gasteiger partial charge in [0.1, 0.15) is 0 Å². The smallest absolute Gasteiger partial charge is 0.253 e. The Bertz CT molecular complexity index is 792. The zero-order chi connectivity index (χ0) is 19.1. The van der Waals surface area contributed by atoms with Gasteiger partial charge in [-0.1, -0.05) is 12.1 Å². The summed E-state index contributed by atoms with van der Waals surface area (Å²) in [5, 5.41) is 0. The molecule has 1 aromatic rings. The van der Waals surface area contributed by atoms with E-state index in [1.54, 1.807) is 4.31 Å². The Morgan fingerprint density at radius 3 is 2.48 bits per heavy atom. The fourth-order valence-electron chi connectivity index (χ4n) is 4.49. The van der Waals surface area contributed by atoms with Crippen molar-refractivity contribution in [2.45, 2.75) is 45.2 Å². The van der Waals surface area contributed by atoms with Gasteiger partial charge < -0.3 is 9.64 Å². The molecular weight excluding hydrogens is 364 g/mol. The molecule has 0 radical (unpaired) electrons. The molecule has 0 saturated carbocycles. The predicted octanol–water partition coefficient (Wildman–Crippen LogP) is 2.25. The molecule has 3 aliphatic rings. The summed E-state index contributed by atoms with van der Waals surface area (Å²) in [4.78, 5) is 14.6. The van der Waals surface area contributed by atoms with Crippen molar-refractivity contribution in [1.29, 1.82) is 0 Å². The van der Waals surface area contributed by atoms with Crippen LogP contribution in [0, 0.1) is 5.41 Å². The first-order valence-corrected chi connectivity index (χ1v) is 11.5. The van der Waals surface area contributed by atoms with E-state index in [1.807, 2.05) is 36.1 Å². The van der Waals surface area contributed by atoms with Crippen molar-refractivity contribution in [2.75, 3.05) is 32.1 Å². The van der Waals surface area contributed by atoms with Gasteiger partial charge in [-0.2, -0.15) is 4.31 Å². The maximum atomic E-state index is 12.7. The molecule has 1 atom stereocenters. The lowest BCUT2D eigenvalue weighted by molar-refractivity contribution is -0.0666. The molecule has 0 aliphatic carbocycles. The second kappa shape index (κ2) is 7.18. The Hall–Kier alpha value is -1.44. The van der Waals surface area contributed by atoms with Crippen molar-refractivity contribution < 1.29 is 17.9 Å². The van der Waals surface area contributed by atoms with Crippen LogP contribution in [0.15, 0.2) is 24.3 Å². The Morgan fingerprint density at radius 1 is 1.19 bits per heavy atom. The topological polar surface area (TPSA) is 66.9 Å². The van der Waals surface area contributed by atoms with Crippen molar-refractivity contribution in [1.82, 2.24) is 9.21 Å². The first kappa shape index (κ1) is 18.9. The Kier molecular flexibility index (Phi) is 5.03. The molecule has 3 saturated heterocycles. The van der Waals surface area contributed by atoms with Crippen LogP contribution in [-0.2, 0) is 21.3 Å². The first-order chi connectivity index (χ1) is 12.9. The quantitative estimate of drug-likeness (QED) is 0.791. The number of carbonyl (C=O) groups is 1. The van der Waals surface area contributed by atoms with Crippen molar-refractivity contribution in [2.24, 2.45) is 5.41 Å². The van der Waals surface area contributed by atoms with Crippen LogP contribution in [0.2, 0.25) is 0 Å². The predicted molar refractivity (Wildman–Crippen MR) is 103 cm³/mol. The number of hydrogen-bond acceptors (Lipinski definition) is 4. The van der Waals surface area contributed by atoms with E-state index in [0.717, 1.165) is 57.6 Å². The van der Waals surface area contributed by atoms with Crippen molar-refractivity contribution >= 4 is 15.9 Å². The summed E-state index contributed by atoms with van der Waals surface area (Å²) >= 11 is 0. The summed E-state index contributed by atoms with van der Waals surface area (Å²) in [6.07, 6.45) is 3.71. The minimum absolute atomic E-state index is 0.0295. The summed E-state index contributed by atoms with van der Waals surface area (Å²) in [5.41, 5.74) is 1.87. The van der Waals surface area contributed by atoms with Crippen LogP contribution in [0.5, 0.6) is 0 Å². The van der Waals surface area contributed by atoms with E-state index >= 15 is 0 Å². The van der Waals surface area contributed by atoms with Gasteiger partial charge in [-0.3, -0.25) is 4.79 Å². The van der Waals surface area contributed by atoms with E-state index in [9.17, 15) is 13.2 Å². The summed E-state index contributed by atoms with van der Waals surface area (Å²) < 4.78 is 31.6. The number of likely N-dealkylation sites (tertiary alicyclic amines) is 1. The van der Waals surface area contributed by atoms with Gasteiger partial charge in [-0.25, -0.2) is 8.42 Å². The number of rotatable bonds is 3. The molecule has 1 amide bonds. The Labute approximate surface area is 161 Å². The fourth-order valence-corrected chi connectivity index (χ4v) is 6.26. The molecule has 27 heavy (non-hydrogen) atoms. The van der Waals surface area contributed by atoms with Gasteiger partial charge in [0, 0.05) is 49.9 Å². The maximum absolute atomic E-state index is 12.7. The standard InChI is InChI=1S/C20H28N2O4S/c1-16-3-2-12-27(24,25)22(16)13-17-4-6-18(7-5-17)19(23)21-14-20(15-21)8-10-26-11-9-20/h4-7,16H,2-3,8-15H2,1H3. The summed E-state index contributed by atoms with van der Waals surface area (Å²) in [6, 6.07) is 7.45. The van der Waals surface area contributed by atoms with Crippen molar-refractivity contribution in [3.8, 4) is 0 Å². The minimum atomic E-state index is -3.17. The molecule has 1 spiro atoms. The molecule has 1 unspecified atom stereocenters. The number of nitrogens with zero attached hydrogens (tertiary/aromatic N) is 2. The maximum Gasteiger partial charge on any atom is 0.253 e. The average molecular weight is 393 g/mol. The van der Waals surface area contributed by atoms with E-state index < -0.39 is 10.0 Å². The molecule has 0 bridgehead atoms. The number of carbonyl (C=O) groups excluding carboxylic acids is 1. The van der Waals surface area contributed by atoms with Crippen LogP contribution in [0.3, 0.4) is 0 Å². The molecule has 3 fully saturated rings. The third-order valence-corrected chi connectivity index (χ3v) is 8.31. The summed E-state index contributed by atoms with van der Waals surface area (Å²) in [6.45, 7) is 5.58. The zero-order valence-corrected chi connectivity index (χ0v) is 16.7. The molecule has 7 heteroatoms. The summed E-state index contributed by atoms with van der Waals surface area (Å²) in [7, 11) is -3.17. The monoisotopic (exact) mass is 392 g/mol. The molecule has 0 aromatic heterocycles. The molecular formula is C20H28N2O4S. The highest BCUT2D eigenvalue weighted by molar-refractivity contribution is 7.89. The van der Waals surface area contributed by atoms with E-state index in [-0.39, 0.29) is 23.1 Å². The van der Waals surface area contributed by atoms with Gasteiger partial charge in [0.05, 0.1) is 5.75 Å². The largest absolute Gasteiger partial charge is 0.381 e. The third-order valence-electron chi connectivity index (χ3n) is 6.31.